The molecule has 2 rings (SSSR count). The molecule has 1 aliphatic rings. The average Bonchev–Trinajstić information content (AvgIpc) is 2.84. The highest BCUT2D eigenvalue weighted by Gasteiger charge is 2.40. The molecule has 1 N–H and O–H groups in total. The standard InChI is InChI=1S/C13H20N4O3/c1-9(2)13(3,12(19)20)6-11(18)16-4-5-17-8-14-15-10(17)7-16/h8-9H,4-7H2,1-3H3,(H,19,20). The van der Waals surface area contributed by atoms with Crippen LogP contribution in [0.25, 0.3) is 0 Å². The smallest absolute Gasteiger partial charge is 0.310 e. The fraction of sp³-hybridized carbons (Fsp3) is 0.692. The molecule has 2 heterocycles. The summed E-state index contributed by atoms with van der Waals surface area (Å²) in [5.74, 6) is -0.442. The van der Waals surface area contributed by atoms with Crippen molar-refractivity contribution in [3.8, 4) is 0 Å². The summed E-state index contributed by atoms with van der Waals surface area (Å²) in [6.07, 6.45) is 1.65. The first-order valence-corrected chi connectivity index (χ1v) is 6.72. The van der Waals surface area contributed by atoms with E-state index in [2.05, 4.69) is 10.2 Å². The number of fused-ring (bicyclic) bond motifs is 1. The predicted octanol–water partition coefficient (Wildman–Crippen LogP) is 0.757. The van der Waals surface area contributed by atoms with Crippen LogP contribution in [0.15, 0.2) is 6.33 Å². The Morgan fingerprint density at radius 3 is 2.75 bits per heavy atom. The first-order chi connectivity index (χ1) is 9.34. The van der Waals surface area contributed by atoms with Crippen molar-refractivity contribution in [2.45, 2.75) is 40.3 Å². The predicted molar refractivity (Wildman–Crippen MR) is 70.6 cm³/mol. The lowest BCUT2D eigenvalue weighted by Gasteiger charge is -2.33. The number of hydrogen-bond acceptors (Lipinski definition) is 4. The number of carboxylic acid groups (broad SMARTS) is 1. The van der Waals surface area contributed by atoms with E-state index >= 15 is 0 Å². The van der Waals surface area contributed by atoms with Gasteiger partial charge in [-0.3, -0.25) is 9.59 Å². The summed E-state index contributed by atoms with van der Waals surface area (Å²) in [5.41, 5.74) is -1.04. The van der Waals surface area contributed by atoms with Crippen molar-refractivity contribution in [2.75, 3.05) is 6.54 Å². The van der Waals surface area contributed by atoms with Crippen molar-refractivity contribution in [3.05, 3.63) is 12.2 Å². The third-order valence-corrected chi connectivity index (χ3v) is 4.27. The number of carbonyl (C=O) groups is 2. The number of aromatic nitrogens is 3. The number of amides is 1. The van der Waals surface area contributed by atoms with Crippen LogP contribution in [-0.2, 0) is 22.7 Å². The Kier molecular flexibility index (Phi) is 3.78. The minimum atomic E-state index is -1.04. The Bertz CT molecular complexity index is 525. The molecule has 0 saturated heterocycles. The minimum Gasteiger partial charge on any atom is -0.481 e. The van der Waals surface area contributed by atoms with Crippen molar-refractivity contribution in [1.29, 1.82) is 0 Å². The second kappa shape index (κ2) is 5.22. The summed E-state index contributed by atoms with van der Waals surface area (Å²) in [6, 6.07) is 0. The maximum absolute atomic E-state index is 12.4. The summed E-state index contributed by atoms with van der Waals surface area (Å²) in [4.78, 5) is 25.5. The molecule has 1 aromatic rings. The second-order valence-electron chi connectivity index (χ2n) is 5.81. The van der Waals surface area contributed by atoms with Gasteiger partial charge in [-0.2, -0.15) is 0 Å². The van der Waals surface area contributed by atoms with Crippen LogP contribution in [0.5, 0.6) is 0 Å². The Labute approximate surface area is 117 Å². The van der Waals surface area contributed by atoms with Gasteiger partial charge in [-0.15, -0.1) is 10.2 Å². The summed E-state index contributed by atoms with van der Waals surface area (Å²) >= 11 is 0. The van der Waals surface area contributed by atoms with Crippen LogP contribution in [-0.4, -0.2) is 43.2 Å². The van der Waals surface area contributed by atoms with Crippen molar-refractivity contribution < 1.29 is 14.7 Å². The fourth-order valence-electron chi connectivity index (χ4n) is 2.23. The number of nitrogens with zero attached hydrogens (tertiary/aromatic N) is 4. The molecule has 0 fully saturated rings. The molecule has 20 heavy (non-hydrogen) atoms. The van der Waals surface area contributed by atoms with E-state index in [1.165, 1.54) is 0 Å². The molecule has 0 saturated carbocycles. The highest BCUT2D eigenvalue weighted by Crippen LogP contribution is 2.32. The SMILES string of the molecule is CC(C)C(C)(CC(=O)N1CCn2cnnc2C1)C(=O)O. The van der Waals surface area contributed by atoms with Gasteiger partial charge in [0.05, 0.1) is 12.0 Å². The number of carboxylic acids is 1. The zero-order valence-corrected chi connectivity index (χ0v) is 12.0. The third-order valence-electron chi connectivity index (χ3n) is 4.27. The van der Waals surface area contributed by atoms with Gasteiger partial charge in [-0.1, -0.05) is 13.8 Å². The molecule has 0 aromatic carbocycles. The Hall–Kier alpha value is -1.92. The van der Waals surface area contributed by atoms with E-state index in [0.29, 0.717) is 19.6 Å². The molecule has 110 valence electrons. The summed E-state index contributed by atoms with van der Waals surface area (Å²) in [5, 5.41) is 17.1. The van der Waals surface area contributed by atoms with Gasteiger partial charge in [-0.25, -0.2) is 0 Å². The van der Waals surface area contributed by atoms with Gasteiger partial charge in [0.1, 0.15) is 6.33 Å². The molecule has 0 bridgehead atoms. The van der Waals surface area contributed by atoms with Gasteiger partial charge >= 0.3 is 5.97 Å². The third kappa shape index (κ3) is 2.52. The highest BCUT2D eigenvalue weighted by atomic mass is 16.4. The molecule has 1 atom stereocenters. The Morgan fingerprint density at radius 1 is 1.45 bits per heavy atom. The average molecular weight is 280 g/mol. The molecule has 1 aromatic heterocycles. The van der Waals surface area contributed by atoms with Crippen LogP contribution in [0.3, 0.4) is 0 Å². The molecule has 0 aliphatic carbocycles. The van der Waals surface area contributed by atoms with E-state index in [0.717, 1.165) is 5.82 Å². The monoisotopic (exact) mass is 280 g/mol. The lowest BCUT2D eigenvalue weighted by molar-refractivity contribution is -0.155. The van der Waals surface area contributed by atoms with Crippen molar-refractivity contribution in [1.82, 2.24) is 19.7 Å². The maximum atomic E-state index is 12.4. The summed E-state index contributed by atoms with van der Waals surface area (Å²) < 4.78 is 1.91. The van der Waals surface area contributed by atoms with E-state index in [-0.39, 0.29) is 18.2 Å². The van der Waals surface area contributed by atoms with E-state index in [1.807, 2.05) is 18.4 Å². The Morgan fingerprint density at radius 2 is 2.15 bits per heavy atom. The largest absolute Gasteiger partial charge is 0.481 e. The molecule has 7 nitrogen and oxygen atoms in total. The van der Waals surface area contributed by atoms with E-state index < -0.39 is 11.4 Å². The zero-order chi connectivity index (χ0) is 14.9. The van der Waals surface area contributed by atoms with Crippen LogP contribution in [0.1, 0.15) is 33.0 Å². The molecule has 0 radical (unpaired) electrons. The van der Waals surface area contributed by atoms with Gasteiger partial charge in [0, 0.05) is 19.5 Å². The normalized spacial score (nSPS) is 17.7. The highest BCUT2D eigenvalue weighted by molar-refractivity contribution is 5.85. The number of hydrogen-bond donors (Lipinski definition) is 1. The Balaban J connectivity index is 2.08. The van der Waals surface area contributed by atoms with Gasteiger partial charge in [-0.05, 0) is 12.8 Å². The van der Waals surface area contributed by atoms with Gasteiger partial charge in [0.15, 0.2) is 5.82 Å². The van der Waals surface area contributed by atoms with Crippen molar-refractivity contribution in [3.63, 3.8) is 0 Å². The second-order valence-corrected chi connectivity index (χ2v) is 5.81. The van der Waals surface area contributed by atoms with Crippen LogP contribution in [0, 0.1) is 11.3 Å². The molecule has 7 heteroatoms. The van der Waals surface area contributed by atoms with E-state index in [1.54, 1.807) is 18.2 Å². The van der Waals surface area contributed by atoms with E-state index in [4.69, 9.17) is 0 Å². The quantitative estimate of drug-likeness (QED) is 0.879. The summed E-state index contributed by atoms with van der Waals surface area (Å²) in [7, 11) is 0. The first-order valence-electron chi connectivity index (χ1n) is 6.72. The molecule has 1 amide bonds. The van der Waals surface area contributed by atoms with Crippen molar-refractivity contribution >= 4 is 11.9 Å². The van der Waals surface area contributed by atoms with Crippen LogP contribution >= 0.6 is 0 Å². The van der Waals surface area contributed by atoms with Crippen LogP contribution < -0.4 is 0 Å². The minimum absolute atomic E-state index is 0.00807. The van der Waals surface area contributed by atoms with Crippen molar-refractivity contribution in [2.24, 2.45) is 11.3 Å². The van der Waals surface area contributed by atoms with Gasteiger partial charge in [0.25, 0.3) is 0 Å². The van der Waals surface area contributed by atoms with Gasteiger partial charge < -0.3 is 14.6 Å². The number of aliphatic carboxylic acids is 1. The molecule has 1 aliphatic heterocycles. The van der Waals surface area contributed by atoms with E-state index in [9.17, 15) is 14.7 Å². The molecule has 0 spiro atoms. The fourth-order valence-corrected chi connectivity index (χ4v) is 2.23. The molecule has 1 unspecified atom stereocenters. The lowest BCUT2D eigenvalue weighted by atomic mass is 9.76. The number of carbonyl (C=O) groups excluding carboxylic acids is 1. The van der Waals surface area contributed by atoms with Gasteiger partial charge in [0.2, 0.25) is 5.91 Å². The topological polar surface area (TPSA) is 88.3 Å². The maximum Gasteiger partial charge on any atom is 0.310 e. The van der Waals surface area contributed by atoms with Crippen LogP contribution in [0.2, 0.25) is 0 Å². The zero-order valence-electron chi connectivity index (χ0n) is 12.0. The molecular weight excluding hydrogens is 260 g/mol. The number of rotatable bonds is 4. The summed E-state index contributed by atoms with van der Waals surface area (Å²) in [6.45, 7) is 6.90. The lowest BCUT2D eigenvalue weighted by Crippen LogP contribution is -2.43. The van der Waals surface area contributed by atoms with Crippen LogP contribution in [0.4, 0.5) is 0 Å². The first kappa shape index (κ1) is 14.5. The molecular formula is C13H20N4O3.